The zero-order valence-corrected chi connectivity index (χ0v) is 11.3. The Morgan fingerprint density at radius 3 is 2.53 bits per heavy atom. The fraction of sp³-hybridized carbons (Fsp3) is 0.182. The first kappa shape index (κ1) is 13.6. The molecule has 100 valence electrons. The molecule has 2 heterocycles. The SMILES string of the molecule is O=C(NCCNC(=O)c1ccc(Cl)s1)c1ccn[nH]1. The van der Waals surface area contributed by atoms with Crippen molar-refractivity contribution in [3.63, 3.8) is 0 Å². The van der Waals surface area contributed by atoms with Crippen molar-refractivity contribution in [3.8, 4) is 0 Å². The van der Waals surface area contributed by atoms with Gasteiger partial charge in [0.1, 0.15) is 5.69 Å². The minimum atomic E-state index is -0.258. The Labute approximate surface area is 118 Å². The van der Waals surface area contributed by atoms with Crippen LogP contribution < -0.4 is 10.6 Å². The van der Waals surface area contributed by atoms with Crippen LogP contribution in [0, 0.1) is 0 Å². The number of hydrogen-bond acceptors (Lipinski definition) is 4. The minimum absolute atomic E-state index is 0.201. The van der Waals surface area contributed by atoms with Crippen molar-refractivity contribution < 1.29 is 9.59 Å². The molecule has 19 heavy (non-hydrogen) atoms. The molecule has 0 aliphatic heterocycles. The summed E-state index contributed by atoms with van der Waals surface area (Å²) in [7, 11) is 0. The summed E-state index contributed by atoms with van der Waals surface area (Å²) < 4.78 is 0.567. The van der Waals surface area contributed by atoms with E-state index in [9.17, 15) is 9.59 Å². The van der Waals surface area contributed by atoms with E-state index in [1.54, 1.807) is 18.2 Å². The third-order valence-electron chi connectivity index (χ3n) is 2.24. The molecule has 0 fully saturated rings. The van der Waals surface area contributed by atoms with E-state index in [4.69, 9.17) is 11.6 Å². The molecule has 2 aromatic heterocycles. The number of hydrogen-bond donors (Lipinski definition) is 3. The lowest BCUT2D eigenvalue weighted by Gasteiger charge is -2.05. The number of aromatic nitrogens is 2. The molecular weight excluding hydrogens is 288 g/mol. The van der Waals surface area contributed by atoms with Gasteiger partial charge < -0.3 is 10.6 Å². The molecule has 0 saturated heterocycles. The number of halogens is 1. The number of carbonyl (C=O) groups is 2. The fourth-order valence-corrected chi connectivity index (χ4v) is 2.31. The van der Waals surface area contributed by atoms with Gasteiger partial charge in [-0.2, -0.15) is 5.10 Å². The van der Waals surface area contributed by atoms with Crippen molar-refractivity contribution in [2.75, 3.05) is 13.1 Å². The highest BCUT2D eigenvalue weighted by Crippen LogP contribution is 2.20. The molecule has 3 N–H and O–H groups in total. The molecule has 0 spiro atoms. The van der Waals surface area contributed by atoms with Crippen LogP contribution in [0.1, 0.15) is 20.2 Å². The van der Waals surface area contributed by atoms with Crippen LogP contribution in [0.15, 0.2) is 24.4 Å². The lowest BCUT2D eigenvalue weighted by molar-refractivity contribution is 0.0927. The standard InChI is InChI=1S/C11H11ClN4O2S/c12-9-2-1-8(19-9)11(18)14-6-5-13-10(17)7-3-4-15-16-7/h1-4H,5-6H2,(H,13,17)(H,14,18)(H,15,16). The van der Waals surface area contributed by atoms with Crippen molar-refractivity contribution in [2.24, 2.45) is 0 Å². The fourth-order valence-electron chi connectivity index (χ4n) is 1.35. The van der Waals surface area contributed by atoms with Crippen LogP contribution >= 0.6 is 22.9 Å². The van der Waals surface area contributed by atoms with Gasteiger partial charge in [-0.15, -0.1) is 11.3 Å². The summed E-state index contributed by atoms with van der Waals surface area (Å²) in [6.45, 7) is 0.678. The van der Waals surface area contributed by atoms with Crippen LogP contribution in [0.5, 0.6) is 0 Å². The van der Waals surface area contributed by atoms with Crippen molar-refractivity contribution in [3.05, 3.63) is 39.3 Å². The van der Waals surface area contributed by atoms with Crippen LogP contribution in [0.4, 0.5) is 0 Å². The smallest absolute Gasteiger partial charge is 0.269 e. The normalized spacial score (nSPS) is 10.2. The molecule has 2 aromatic rings. The van der Waals surface area contributed by atoms with Crippen molar-refractivity contribution in [1.82, 2.24) is 20.8 Å². The molecule has 2 amide bonds. The molecule has 0 saturated carbocycles. The van der Waals surface area contributed by atoms with Gasteiger partial charge in [-0.25, -0.2) is 0 Å². The van der Waals surface area contributed by atoms with Crippen LogP contribution in [-0.2, 0) is 0 Å². The maximum atomic E-state index is 11.6. The Bertz CT molecular complexity index is 567. The molecule has 2 rings (SSSR count). The van der Waals surface area contributed by atoms with E-state index < -0.39 is 0 Å². The van der Waals surface area contributed by atoms with Gasteiger partial charge in [-0.05, 0) is 18.2 Å². The van der Waals surface area contributed by atoms with E-state index in [2.05, 4.69) is 20.8 Å². The number of carbonyl (C=O) groups excluding carboxylic acids is 2. The van der Waals surface area contributed by atoms with Crippen LogP contribution in [-0.4, -0.2) is 35.1 Å². The van der Waals surface area contributed by atoms with Crippen molar-refractivity contribution >= 4 is 34.8 Å². The van der Waals surface area contributed by atoms with Gasteiger partial charge in [0.15, 0.2) is 0 Å². The maximum Gasteiger partial charge on any atom is 0.269 e. The molecule has 0 bridgehead atoms. The van der Waals surface area contributed by atoms with E-state index in [1.165, 1.54) is 17.5 Å². The predicted molar refractivity (Wildman–Crippen MR) is 72.6 cm³/mol. The van der Waals surface area contributed by atoms with Crippen LogP contribution in [0.2, 0.25) is 4.34 Å². The number of nitrogens with one attached hydrogen (secondary N) is 3. The topological polar surface area (TPSA) is 86.9 Å². The second-order valence-corrected chi connectivity index (χ2v) is 5.30. The monoisotopic (exact) mass is 298 g/mol. The average molecular weight is 299 g/mol. The number of aromatic amines is 1. The lowest BCUT2D eigenvalue weighted by Crippen LogP contribution is -2.34. The molecule has 0 aliphatic carbocycles. The van der Waals surface area contributed by atoms with Gasteiger partial charge >= 0.3 is 0 Å². The molecule has 8 heteroatoms. The van der Waals surface area contributed by atoms with Crippen LogP contribution in [0.25, 0.3) is 0 Å². The van der Waals surface area contributed by atoms with Gasteiger partial charge in [-0.3, -0.25) is 14.7 Å². The van der Waals surface area contributed by atoms with E-state index in [0.717, 1.165) is 0 Å². The minimum Gasteiger partial charge on any atom is -0.350 e. The van der Waals surface area contributed by atoms with E-state index in [0.29, 0.717) is 28.0 Å². The Kier molecular flexibility index (Phi) is 4.53. The Balaban J connectivity index is 1.70. The van der Waals surface area contributed by atoms with Gasteiger partial charge in [0.05, 0.1) is 9.21 Å². The molecule has 0 radical (unpaired) electrons. The molecule has 0 aromatic carbocycles. The average Bonchev–Trinajstić information content (AvgIpc) is 3.04. The summed E-state index contributed by atoms with van der Waals surface area (Å²) in [6, 6.07) is 4.90. The lowest BCUT2D eigenvalue weighted by atomic mass is 10.4. The summed E-state index contributed by atoms with van der Waals surface area (Å²) in [5.74, 6) is -0.460. The molecule has 0 unspecified atom stereocenters. The molecule has 6 nitrogen and oxygen atoms in total. The first-order valence-electron chi connectivity index (χ1n) is 5.48. The molecule has 0 aliphatic rings. The number of H-pyrrole nitrogens is 1. The third kappa shape index (κ3) is 3.80. The number of rotatable bonds is 5. The number of amides is 2. The highest BCUT2D eigenvalue weighted by atomic mass is 35.5. The van der Waals surface area contributed by atoms with Gasteiger partial charge in [0.2, 0.25) is 0 Å². The quantitative estimate of drug-likeness (QED) is 0.727. The van der Waals surface area contributed by atoms with Gasteiger partial charge in [-0.1, -0.05) is 11.6 Å². The van der Waals surface area contributed by atoms with E-state index in [1.807, 2.05) is 0 Å². The Morgan fingerprint density at radius 1 is 1.21 bits per heavy atom. The summed E-state index contributed by atoms with van der Waals surface area (Å²) in [5, 5.41) is 11.6. The maximum absolute atomic E-state index is 11.6. The second-order valence-electron chi connectivity index (χ2n) is 3.59. The summed E-state index contributed by atoms with van der Waals surface area (Å²) in [5.41, 5.74) is 0.386. The number of nitrogens with zero attached hydrogens (tertiary/aromatic N) is 1. The second kappa shape index (κ2) is 6.35. The van der Waals surface area contributed by atoms with Gasteiger partial charge in [0, 0.05) is 19.3 Å². The Morgan fingerprint density at radius 2 is 1.95 bits per heavy atom. The first-order chi connectivity index (χ1) is 9.16. The largest absolute Gasteiger partial charge is 0.350 e. The molecule has 0 atom stereocenters. The number of thiophene rings is 1. The zero-order valence-electron chi connectivity index (χ0n) is 9.77. The zero-order chi connectivity index (χ0) is 13.7. The first-order valence-corrected chi connectivity index (χ1v) is 6.67. The van der Waals surface area contributed by atoms with Crippen molar-refractivity contribution in [2.45, 2.75) is 0 Å². The van der Waals surface area contributed by atoms with E-state index >= 15 is 0 Å². The Hall–Kier alpha value is -1.86. The predicted octanol–water partition coefficient (Wildman–Crippen LogP) is 1.28. The summed E-state index contributed by atoms with van der Waals surface area (Å²) >= 11 is 6.95. The van der Waals surface area contributed by atoms with Gasteiger partial charge in [0.25, 0.3) is 11.8 Å². The highest BCUT2D eigenvalue weighted by molar-refractivity contribution is 7.17. The van der Waals surface area contributed by atoms with E-state index in [-0.39, 0.29) is 11.8 Å². The highest BCUT2D eigenvalue weighted by Gasteiger charge is 2.08. The third-order valence-corrected chi connectivity index (χ3v) is 3.47. The summed E-state index contributed by atoms with van der Waals surface area (Å²) in [4.78, 5) is 23.7. The molecular formula is C11H11ClN4O2S. The summed E-state index contributed by atoms with van der Waals surface area (Å²) in [6.07, 6.45) is 1.50. The van der Waals surface area contributed by atoms with Crippen LogP contribution in [0.3, 0.4) is 0 Å². The van der Waals surface area contributed by atoms with Crippen molar-refractivity contribution in [1.29, 1.82) is 0 Å².